The summed E-state index contributed by atoms with van der Waals surface area (Å²) >= 11 is 5.81. The Kier molecular flexibility index (Phi) is 5.28. The van der Waals surface area contributed by atoms with Gasteiger partial charge in [-0.1, -0.05) is 36.6 Å². The normalized spacial score (nSPS) is 16.4. The topological polar surface area (TPSA) is 32.3 Å². The molecule has 0 radical (unpaired) electrons. The van der Waals surface area contributed by atoms with Gasteiger partial charge in [0, 0.05) is 24.3 Å². The largest absolute Gasteiger partial charge is 0.325 e. The molecule has 0 unspecified atom stereocenters. The number of benzene rings is 1. The molecular formula is C15H19ClN2O. The first-order valence-electron chi connectivity index (χ1n) is 6.73. The van der Waals surface area contributed by atoms with Crippen LogP contribution in [-0.4, -0.2) is 24.0 Å². The van der Waals surface area contributed by atoms with Gasteiger partial charge in [-0.2, -0.15) is 0 Å². The van der Waals surface area contributed by atoms with Crippen molar-refractivity contribution >= 4 is 23.7 Å². The average Bonchev–Trinajstić information content (AvgIpc) is 2.70. The molecule has 0 aromatic heterocycles. The van der Waals surface area contributed by atoms with Crippen LogP contribution in [0, 0.1) is 0 Å². The maximum Gasteiger partial charge on any atom is 0.321 e. The second kappa shape index (κ2) is 7.19. The van der Waals surface area contributed by atoms with Gasteiger partial charge in [0.25, 0.3) is 0 Å². The number of carbonyl (C=O) groups is 1. The van der Waals surface area contributed by atoms with Crippen molar-refractivity contribution in [1.29, 1.82) is 0 Å². The molecule has 0 spiro atoms. The number of rotatable bonds is 2. The van der Waals surface area contributed by atoms with Crippen molar-refractivity contribution in [1.82, 2.24) is 10.2 Å². The Bertz CT molecular complexity index is 434. The molecule has 102 valence electrons. The number of carbonyl (C=O) groups excluding carboxylic acids is 1. The number of halogens is 1. The van der Waals surface area contributed by atoms with Crippen LogP contribution in [-0.2, 0) is 0 Å². The van der Waals surface area contributed by atoms with E-state index in [1.165, 1.54) is 12.8 Å². The quantitative estimate of drug-likeness (QED) is 0.874. The number of nitrogens with one attached hydrogen (secondary N) is 1. The van der Waals surface area contributed by atoms with Gasteiger partial charge < -0.3 is 10.2 Å². The fraction of sp³-hybridized carbons (Fsp3) is 0.400. The van der Waals surface area contributed by atoms with Gasteiger partial charge in [0.1, 0.15) is 0 Å². The lowest BCUT2D eigenvalue weighted by molar-refractivity contribution is 0.203. The van der Waals surface area contributed by atoms with Gasteiger partial charge in [-0.25, -0.2) is 4.79 Å². The van der Waals surface area contributed by atoms with E-state index in [0.717, 1.165) is 31.5 Å². The van der Waals surface area contributed by atoms with Crippen LogP contribution in [0.3, 0.4) is 0 Å². The Hall–Kier alpha value is -1.48. The van der Waals surface area contributed by atoms with Crippen LogP contribution >= 0.6 is 11.6 Å². The molecule has 1 fully saturated rings. The molecule has 1 aliphatic heterocycles. The summed E-state index contributed by atoms with van der Waals surface area (Å²) in [7, 11) is 0. The van der Waals surface area contributed by atoms with E-state index < -0.39 is 0 Å². The highest BCUT2D eigenvalue weighted by Crippen LogP contribution is 2.11. The van der Waals surface area contributed by atoms with Gasteiger partial charge >= 0.3 is 6.03 Å². The SMILES string of the molecule is O=C(N/C=C/c1ccc(Cl)cc1)N1CCCCCC1. The Labute approximate surface area is 119 Å². The minimum atomic E-state index is -0.00730. The maximum absolute atomic E-state index is 11.9. The van der Waals surface area contributed by atoms with Gasteiger partial charge in [-0.3, -0.25) is 0 Å². The van der Waals surface area contributed by atoms with Crippen LogP contribution in [0.1, 0.15) is 31.2 Å². The third kappa shape index (κ3) is 4.60. The van der Waals surface area contributed by atoms with Gasteiger partial charge in [0.15, 0.2) is 0 Å². The van der Waals surface area contributed by atoms with E-state index in [1.54, 1.807) is 6.20 Å². The first-order chi connectivity index (χ1) is 9.25. The molecule has 0 atom stereocenters. The van der Waals surface area contributed by atoms with Gasteiger partial charge in [0.05, 0.1) is 0 Å². The summed E-state index contributed by atoms with van der Waals surface area (Å²) < 4.78 is 0. The van der Waals surface area contributed by atoms with E-state index in [4.69, 9.17) is 11.6 Å². The van der Waals surface area contributed by atoms with E-state index in [9.17, 15) is 4.79 Å². The molecule has 1 aromatic rings. The van der Waals surface area contributed by atoms with Crippen LogP contribution in [0.2, 0.25) is 5.02 Å². The smallest absolute Gasteiger partial charge is 0.321 e. The number of nitrogens with zero attached hydrogens (tertiary/aromatic N) is 1. The Morgan fingerprint density at radius 2 is 1.74 bits per heavy atom. The molecule has 1 heterocycles. The fourth-order valence-corrected chi connectivity index (χ4v) is 2.27. The lowest BCUT2D eigenvalue weighted by atomic mass is 10.2. The molecule has 4 heteroatoms. The molecule has 19 heavy (non-hydrogen) atoms. The van der Waals surface area contributed by atoms with Crippen LogP contribution in [0.15, 0.2) is 30.5 Å². The zero-order valence-electron chi connectivity index (χ0n) is 10.9. The van der Waals surface area contributed by atoms with Gasteiger partial charge in [-0.05, 0) is 36.6 Å². The number of amides is 2. The summed E-state index contributed by atoms with van der Waals surface area (Å²) in [5.41, 5.74) is 1.01. The van der Waals surface area contributed by atoms with E-state index in [2.05, 4.69) is 5.32 Å². The van der Waals surface area contributed by atoms with Crippen molar-refractivity contribution in [3.05, 3.63) is 41.1 Å². The monoisotopic (exact) mass is 278 g/mol. The maximum atomic E-state index is 11.9. The molecule has 1 N–H and O–H groups in total. The molecule has 1 aromatic carbocycles. The van der Waals surface area contributed by atoms with Crippen molar-refractivity contribution in [2.24, 2.45) is 0 Å². The lowest BCUT2D eigenvalue weighted by Crippen LogP contribution is -2.38. The molecule has 3 nitrogen and oxygen atoms in total. The van der Waals surface area contributed by atoms with Crippen molar-refractivity contribution in [3.63, 3.8) is 0 Å². The van der Waals surface area contributed by atoms with Crippen molar-refractivity contribution in [2.45, 2.75) is 25.7 Å². The van der Waals surface area contributed by atoms with Crippen LogP contribution < -0.4 is 5.32 Å². The fourth-order valence-electron chi connectivity index (χ4n) is 2.15. The van der Waals surface area contributed by atoms with Gasteiger partial charge in [0.2, 0.25) is 0 Å². The lowest BCUT2D eigenvalue weighted by Gasteiger charge is -2.19. The molecule has 2 rings (SSSR count). The summed E-state index contributed by atoms with van der Waals surface area (Å²) in [6.07, 6.45) is 8.22. The molecule has 2 amide bonds. The Balaban J connectivity index is 1.83. The van der Waals surface area contributed by atoms with E-state index in [0.29, 0.717) is 5.02 Å². The highest BCUT2D eigenvalue weighted by molar-refractivity contribution is 6.30. The first-order valence-corrected chi connectivity index (χ1v) is 7.11. The summed E-state index contributed by atoms with van der Waals surface area (Å²) in [5, 5.41) is 3.53. The van der Waals surface area contributed by atoms with E-state index in [-0.39, 0.29) is 6.03 Å². The predicted octanol–water partition coefficient (Wildman–Crippen LogP) is 3.90. The summed E-state index contributed by atoms with van der Waals surface area (Å²) in [5.74, 6) is 0. The average molecular weight is 279 g/mol. The molecular weight excluding hydrogens is 260 g/mol. The highest BCUT2D eigenvalue weighted by Gasteiger charge is 2.13. The second-order valence-electron chi connectivity index (χ2n) is 4.74. The Morgan fingerprint density at radius 3 is 2.37 bits per heavy atom. The van der Waals surface area contributed by atoms with Crippen LogP contribution in [0.5, 0.6) is 0 Å². The molecule has 0 saturated carbocycles. The molecule has 1 aliphatic rings. The summed E-state index contributed by atoms with van der Waals surface area (Å²) in [4.78, 5) is 13.8. The van der Waals surface area contributed by atoms with Crippen molar-refractivity contribution < 1.29 is 4.79 Å². The Morgan fingerprint density at radius 1 is 1.11 bits per heavy atom. The predicted molar refractivity (Wildman–Crippen MR) is 79.1 cm³/mol. The zero-order valence-corrected chi connectivity index (χ0v) is 11.7. The number of urea groups is 1. The highest BCUT2D eigenvalue weighted by atomic mass is 35.5. The van der Waals surface area contributed by atoms with E-state index >= 15 is 0 Å². The van der Waals surface area contributed by atoms with Gasteiger partial charge in [-0.15, -0.1) is 0 Å². The zero-order chi connectivity index (χ0) is 13.5. The number of likely N-dealkylation sites (tertiary alicyclic amines) is 1. The number of hydrogen-bond donors (Lipinski definition) is 1. The molecule has 0 aliphatic carbocycles. The van der Waals surface area contributed by atoms with Crippen molar-refractivity contribution in [2.75, 3.05) is 13.1 Å². The van der Waals surface area contributed by atoms with E-state index in [1.807, 2.05) is 35.2 Å². The number of hydrogen-bond acceptors (Lipinski definition) is 1. The minimum Gasteiger partial charge on any atom is -0.325 e. The third-order valence-corrected chi connectivity index (χ3v) is 3.50. The van der Waals surface area contributed by atoms with Crippen LogP contribution in [0.25, 0.3) is 6.08 Å². The molecule has 1 saturated heterocycles. The summed E-state index contributed by atoms with van der Waals surface area (Å²) in [6, 6.07) is 7.48. The van der Waals surface area contributed by atoms with Crippen LogP contribution in [0.4, 0.5) is 4.79 Å². The summed E-state index contributed by atoms with van der Waals surface area (Å²) in [6.45, 7) is 1.72. The first kappa shape index (κ1) is 13.9. The molecule has 0 bridgehead atoms. The van der Waals surface area contributed by atoms with Crippen molar-refractivity contribution in [3.8, 4) is 0 Å². The third-order valence-electron chi connectivity index (χ3n) is 3.25. The standard InChI is InChI=1S/C15H19ClN2O/c16-14-7-5-13(6-8-14)9-10-17-15(19)18-11-3-1-2-4-12-18/h5-10H,1-4,11-12H2,(H,17,19)/b10-9+. The minimum absolute atomic E-state index is 0.00730. The second-order valence-corrected chi connectivity index (χ2v) is 5.17.